The van der Waals surface area contributed by atoms with E-state index in [1.54, 1.807) is 29.6 Å². The third-order valence-corrected chi connectivity index (χ3v) is 3.78. The van der Waals surface area contributed by atoms with Crippen molar-refractivity contribution in [3.05, 3.63) is 82.0 Å². The molecule has 0 radical (unpaired) electrons. The first-order valence-corrected chi connectivity index (χ1v) is 7.95. The smallest absolute Gasteiger partial charge is 0.291 e. The highest BCUT2D eigenvalue weighted by Crippen LogP contribution is 2.27. The average Bonchev–Trinajstić information content (AvgIpc) is 3.17. The highest BCUT2D eigenvalue weighted by Gasteiger charge is 2.27. The number of ether oxygens (including phenoxy) is 1. The predicted octanol–water partition coefficient (Wildman–Crippen LogP) is 5.46. The van der Waals surface area contributed by atoms with Crippen LogP contribution in [-0.2, 0) is 6.61 Å². The largest absolute Gasteiger partial charge is 0.486 e. The number of furan rings is 1. The number of amides is 1. The summed E-state index contributed by atoms with van der Waals surface area (Å²) in [6.07, 6.45) is 0. The number of rotatable bonds is 5. The molecule has 28 heavy (non-hydrogen) atoms. The first kappa shape index (κ1) is 19.7. The Morgan fingerprint density at radius 1 is 0.893 bits per heavy atom. The first-order chi connectivity index (χ1) is 13.3. The van der Waals surface area contributed by atoms with Gasteiger partial charge >= 0.3 is 0 Å². The van der Waals surface area contributed by atoms with Crippen molar-refractivity contribution < 1.29 is 35.9 Å². The van der Waals surface area contributed by atoms with Gasteiger partial charge in [0.2, 0.25) is 5.82 Å². The van der Waals surface area contributed by atoms with Crippen LogP contribution in [0.3, 0.4) is 0 Å². The minimum absolute atomic E-state index is 0.0859. The Hall–Kier alpha value is -3.07. The van der Waals surface area contributed by atoms with E-state index in [2.05, 4.69) is 0 Å². The number of hydrogen-bond donors (Lipinski definition) is 1. The van der Waals surface area contributed by atoms with Crippen molar-refractivity contribution in [2.24, 2.45) is 0 Å². The molecule has 146 valence electrons. The van der Waals surface area contributed by atoms with E-state index in [1.807, 2.05) is 0 Å². The standard InChI is InChI=1S/C18H9ClF5NO3/c19-8-1-3-9(4-2-8)27-7-10-5-6-11(28-10)18(26)25-17-15(23)13(21)12(20)14(22)16(17)24/h1-6H,7H2,(H,25,26). The molecule has 0 saturated heterocycles. The van der Waals surface area contributed by atoms with E-state index in [1.165, 1.54) is 6.07 Å². The second kappa shape index (κ2) is 7.89. The van der Waals surface area contributed by atoms with Crippen molar-refractivity contribution in [2.45, 2.75) is 6.61 Å². The topological polar surface area (TPSA) is 51.5 Å². The van der Waals surface area contributed by atoms with E-state index < -0.39 is 46.4 Å². The van der Waals surface area contributed by atoms with Crippen LogP contribution in [0, 0.1) is 29.1 Å². The third kappa shape index (κ3) is 3.94. The second-order valence-electron chi connectivity index (χ2n) is 5.41. The van der Waals surface area contributed by atoms with Crippen LogP contribution in [0.4, 0.5) is 27.6 Å². The van der Waals surface area contributed by atoms with E-state index in [0.29, 0.717) is 10.8 Å². The second-order valence-corrected chi connectivity index (χ2v) is 5.84. The summed E-state index contributed by atoms with van der Waals surface area (Å²) in [7, 11) is 0. The van der Waals surface area contributed by atoms with E-state index >= 15 is 0 Å². The number of anilines is 1. The van der Waals surface area contributed by atoms with Crippen LogP contribution < -0.4 is 10.1 Å². The van der Waals surface area contributed by atoms with Gasteiger partial charge < -0.3 is 14.5 Å². The molecule has 0 aliphatic carbocycles. The zero-order valence-electron chi connectivity index (χ0n) is 13.7. The molecule has 1 heterocycles. The Bertz CT molecular complexity index is 1010. The Morgan fingerprint density at radius 3 is 2.07 bits per heavy atom. The molecule has 10 heteroatoms. The van der Waals surface area contributed by atoms with Gasteiger partial charge in [-0.3, -0.25) is 4.79 Å². The van der Waals surface area contributed by atoms with Crippen LogP contribution in [0.1, 0.15) is 16.3 Å². The maximum Gasteiger partial charge on any atom is 0.291 e. The summed E-state index contributed by atoms with van der Waals surface area (Å²) in [5.74, 6) is -12.0. The van der Waals surface area contributed by atoms with Gasteiger partial charge in [-0.15, -0.1) is 0 Å². The van der Waals surface area contributed by atoms with Gasteiger partial charge in [-0.05, 0) is 36.4 Å². The minimum Gasteiger partial charge on any atom is -0.486 e. The lowest BCUT2D eigenvalue weighted by atomic mass is 10.2. The molecule has 0 saturated carbocycles. The monoisotopic (exact) mass is 417 g/mol. The molecule has 0 aliphatic heterocycles. The van der Waals surface area contributed by atoms with Gasteiger partial charge in [-0.1, -0.05) is 11.6 Å². The summed E-state index contributed by atoms with van der Waals surface area (Å²) in [6, 6.07) is 8.90. The van der Waals surface area contributed by atoms with E-state index in [0.717, 1.165) is 6.07 Å². The first-order valence-electron chi connectivity index (χ1n) is 7.57. The van der Waals surface area contributed by atoms with Crippen molar-refractivity contribution >= 4 is 23.2 Å². The van der Waals surface area contributed by atoms with Crippen molar-refractivity contribution in [3.8, 4) is 5.75 Å². The lowest BCUT2D eigenvalue weighted by molar-refractivity contribution is 0.0991. The summed E-state index contributed by atoms with van der Waals surface area (Å²) in [5.41, 5.74) is -1.48. The van der Waals surface area contributed by atoms with Crippen molar-refractivity contribution in [3.63, 3.8) is 0 Å². The lowest BCUT2D eigenvalue weighted by Crippen LogP contribution is -2.16. The van der Waals surface area contributed by atoms with Gasteiger partial charge in [0.25, 0.3) is 5.91 Å². The highest BCUT2D eigenvalue weighted by atomic mass is 35.5. The van der Waals surface area contributed by atoms with Crippen molar-refractivity contribution in [1.29, 1.82) is 0 Å². The molecule has 1 N–H and O–H groups in total. The maximum atomic E-state index is 13.6. The molecule has 0 fully saturated rings. The molecule has 0 unspecified atom stereocenters. The zero-order chi connectivity index (χ0) is 20.4. The summed E-state index contributed by atoms with van der Waals surface area (Å²) in [4.78, 5) is 12.0. The van der Waals surface area contributed by atoms with E-state index in [9.17, 15) is 26.7 Å². The van der Waals surface area contributed by atoms with Gasteiger partial charge in [0.1, 0.15) is 23.8 Å². The molecule has 4 nitrogen and oxygen atoms in total. The molecule has 3 aromatic rings. The molecule has 1 aromatic heterocycles. The Morgan fingerprint density at radius 2 is 1.46 bits per heavy atom. The molecule has 0 atom stereocenters. The van der Waals surface area contributed by atoms with E-state index in [4.69, 9.17) is 20.8 Å². The quantitative estimate of drug-likeness (QED) is 0.341. The number of hydrogen-bond acceptors (Lipinski definition) is 3. The minimum atomic E-state index is -2.33. The fraction of sp³-hybridized carbons (Fsp3) is 0.0556. The number of halogens is 6. The average molecular weight is 418 g/mol. The predicted molar refractivity (Wildman–Crippen MR) is 88.7 cm³/mol. The van der Waals surface area contributed by atoms with Crippen LogP contribution in [0.2, 0.25) is 5.02 Å². The van der Waals surface area contributed by atoms with Gasteiger partial charge in [-0.25, -0.2) is 22.0 Å². The number of benzene rings is 2. The van der Waals surface area contributed by atoms with Crippen molar-refractivity contribution in [2.75, 3.05) is 5.32 Å². The molecular weight excluding hydrogens is 409 g/mol. The van der Waals surface area contributed by atoms with Gasteiger partial charge in [0, 0.05) is 5.02 Å². The summed E-state index contributed by atoms with van der Waals surface area (Å²) < 4.78 is 77.2. The van der Waals surface area contributed by atoms with Crippen LogP contribution in [0.15, 0.2) is 40.8 Å². The zero-order valence-corrected chi connectivity index (χ0v) is 14.4. The summed E-state index contributed by atoms with van der Waals surface area (Å²) in [5, 5.41) is 2.12. The molecular formula is C18H9ClF5NO3. The highest BCUT2D eigenvalue weighted by molar-refractivity contribution is 6.30. The Labute approximate surface area is 159 Å². The molecule has 3 rings (SSSR count). The van der Waals surface area contributed by atoms with E-state index in [-0.39, 0.29) is 12.4 Å². The van der Waals surface area contributed by atoms with Crippen LogP contribution in [0.25, 0.3) is 0 Å². The summed E-state index contributed by atoms with van der Waals surface area (Å²) in [6.45, 7) is -0.0859. The Kier molecular flexibility index (Phi) is 5.55. The maximum absolute atomic E-state index is 13.6. The summed E-state index contributed by atoms with van der Waals surface area (Å²) >= 11 is 5.74. The van der Waals surface area contributed by atoms with Gasteiger partial charge in [0.15, 0.2) is 29.0 Å². The molecule has 1 amide bonds. The fourth-order valence-corrected chi connectivity index (χ4v) is 2.28. The van der Waals surface area contributed by atoms with Crippen LogP contribution in [0.5, 0.6) is 5.75 Å². The number of carbonyl (C=O) groups is 1. The Balaban J connectivity index is 1.72. The normalized spacial score (nSPS) is 10.8. The molecule has 0 bridgehead atoms. The molecule has 2 aromatic carbocycles. The number of nitrogens with one attached hydrogen (secondary N) is 1. The van der Waals surface area contributed by atoms with Crippen LogP contribution in [-0.4, -0.2) is 5.91 Å². The SMILES string of the molecule is O=C(Nc1c(F)c(F)c(F)c(F)c1F)c1ccc(COc2ccc(Cl)cc2)o1. The van der Waals surface area contributed by atoms with Gasteiger partial charge in [-0.2, -0.15) is 0 Å². The van der Waals surface area contributed by atoms with Crippen molar-refractivity contribution in [1.82, 2.24) is 0 Å². The third-order valence-electron chi connectivity index (χ3n) is 3.53. The van der Waals surface area contributed by atoms with Gasteiger partial charge in [0.05, 0.1) is 0 Å². The number of carbonyl (C=O) groups excluding carboxylic acids is 1. The fourth-order valence-electron chi connectivity index (χ4n) is 2.15. The van der Waals surface area contributed by atoms with Crippen LogP contribution >= 0.6 is 11.6 Å². The molecule has 0 aliphatic rings. The molecule has 0 spiro atoms. The lowest BCUT2D eigenvalue weighted by Gasteiger charge is -2.08.